The fourth-order valence-corrected chi connectivity index (χ4v) is 1.04. The van der Waals surface area contributed by atoms with E-state index in [4.69, 9.17) is 0 Å². The Kier molecular flexibility index (Phi) is 3.62. The molecule has 1 aromatic rings. The average molecular weight is 225 g/mol. The van der Waals surface area contributed by atoms with Crippen LogP contribution in [0.5, 0.6) is 0 Å². The smallest absolute Gasteiger partial charge is 0.194 e. The van der Waals surface area contributed by atoms with Crippen molar-refractivity contribution in [1.29, 1.82) is 0 Å². The van der Waals surface area contributed by atoms with Crippen LogP contribution in [0.4, 0.5) is 13.2 Å². The lowest BCUT2D eigenvalue weighted by molar-refractivity contribution is 0.289. The Hall–Kier alpha value is -0.920. The van der Waals surface area contributed by atoms with Crippen molar-refractivity contribution in [2.24, 2.45) is 0 Å². The van der Waals surface area contributed by atoms with E-state index in [-0.39, 0.29) is 5.56 Å². The van der Waals surface area contributed by atoms with Gasteiger partial charge in [0, 0.05) is 0 Å². The molecule has 0 amide bonds. The first-order chi connectivity index (χ1) is 6.50. The summed E-state index contributed by atoms with van der Waals surface area (Å²) >= 11 is -2.77. The quantitative estimate of drug-likeness (QED) is 0.577. The minimum absolute atomic E-state index is 0.106. The van der Waals surface area contributed by atoms with Gasteiger partial charge in [0.05, 0.1) is 18.0 Å². The van der Waals surface area contributed by atoms with Crippen molar-refractivity contribution in [3.05, 3.63) is 35.1 Å². The summed E-state index contributed by atoms with van der Waals surface area (Å²) in [6.07, 6.45) is 0. The Bertz CT molecular complexity index is 346. The number of hydrogen-bond donors (Lipinski definition) is 0. The van der Waals surface area contributed by atoms with Gasteiger partial charge in [0.25, 0.3) is 0 Å². The van der Waals surface area contributed by atoms with Crippen LogP contribution in [-0.4, -0.2) is 8.76 Å². The first kappa shape index (κ1) is 11.2. The molecular weight excluding hydrogens is 221 g/mol. The highest BCUT2D eigenvalue weighted by atomic mass is 32.2. The van der Waals surface area contributed by atoms with Gasteiger partial charge in [0.15, 0.2) is 17.5 Å². The summed E-state index contributed by atoms with van der Waals surface area (Å²) in [5, 5.41) is 0. The first-order valence-electron chi connectivity index (χ1n) is 3.36. The second kappa shape index (κ2) is 4.54. The molecule has 0 radical (unpaired) electrons. The van der Waals surface area contributed by atoms with Crippen LogP contribution in [0.2, 0.25) is 0 Å². The third-order valence-corrected chi connectivity index (χ3v) is 1.68. The van der Waals surface area contributed by atoms with E-state index in [1.54, 1.807) is 0 Å². The molecule has 1 atom stereocenters. The molecule has 0 aromatic heterocycles. The molecular formula is C7H4F3O3S-. The maximum atomic E-state index is 12.5. The third-order valence-electron chi connectivity index (χ3n) is 1.37. The van der Waals surface area contributed by atoms with Gasteiger partial charge in [-0.15, -0.1) is 0 Å². The van der Waals surface area contributed by atoms with E-state index in [1.165, 1.54) is 0 Å². The second-order valence-corrected chi connectivity index (χ2v) is 2.98. The molecule has 0 N–H and O–H groups in total. The summed E-state index contributed by atoms with van der Waals surface area (Å²) in [5.41, 5.74) is -0.106. The fourth-order valence-electron chi connectivity index (χ4n) is 0.807. The molecule has 0 aliphatic heterocycles. The number of halogens is 3. The van der Waals surface area contributed by atoms with Crippen molar-refractivity contribution in [2.75, 3.05) is 0 Å². The van der Waals surface area contributed by atoms with Gasteiger partial charge in [-0.05, 0) is 17.7 Å². The summed E-state index contributed by atoms with van der Waals surface area (Å²) in [5.74, 6) is -4.38. The lowest BCUT2D eigenvalue weighted by atomic mass is 10.2. The number of benzene rings is 1. The van der Waals surface area contributed by atoms with Gasteiger partial charge in [-0.25, -0.2) is 17.4 Å². The van der Waals surface area contributed by atoms with Crippen LogP contribution in [0.15, 0.2) is 12.1 Å². The van der Waals surface area contributed by atoms with Gasteiger partial charge in [0.2, 0.25) is 0 Å². The third kappa shape index (κ3) is 2.79. The van der Waals surface area contributed by atoms with E-state index in [2.05, 4.69) is 4.18 Å². The molecule has 0 aliphatic rings. The molecule has 0 saturated heterocycles. The highest BCUT2D eigenvalue weighted by Gasteiger charge is 2.10. The predicted molar refractivity (Wildman–Crippen MR) is 40.0 cm³/mol. The maximum Gasteiger partial charge on any atom is 0.194 e. The Labute approximate surface area is 80.0 Å². The molecule has 0 bridgehead atoms. The van der Waals surface area contributed by atoms with Crippen LogP contribution >= 0.6 is 0 Å². The molecule has 14 heavy (non-hydrogen) atoms. The standard InChI is InChI=1S/C7H5F3O3S/c8-5-1-4(3-13-14(11)12)2-6(9)7(5)10/h1-2H,3H2,(H,11,12)/p-1. The van der Waals surface area contributed by atoms with E-state index in [0.29, 0.717) is 12.1 Å². The molecule has 1 aromatic carbocycles. The minimum Gasteiger partial charge on any atom is -0.750 e. The van der Waals surface area contributed by atoms with Gasteiger partial charge >= 0.3 is 0 Å². The molecule has 7 heteroatoms. The second-order valence-electron chi connectivity index (χ2n) is 2.34. The summed E-state index contributed by atoms with van der Waals surface area (Å²) in [6.45, 7) is -0.537. The van der Waals surface area contributed by atoms with Crippen LogP contribution in [0.1, 0.15) is 5.56 Å². The monoisotopic (exact) mass is 225 g/mol. The van der Waals surface area contributed by atoms with E-state index in [1.807, 2.05) is 0 Å². The van der Waals surface area contributed by atoms with Gasteiger partial charge in [-0.3, -0.25) is 4.18 Å². The zero-order valence-electron chi connectivity index (χ0n) is 6.63. The largest absolute Gasteiger partial charge is 0.750 e. The van der Waals surface area contributed by atoms with Crippen molar-refractivity contribution >= 4 is 11.4 Å². The Balaban J connectivity index is 2.84. The lowest BCUT2D eigenvalue weighted by Crippen LogP contribution is -1.99. The fraction of sp³-hybridized carbons (Fsp3) is 0.143. The molecule has 0 fully saturated rings. The molecule has 0 spiro atoms. The maximum absolute atomic E-state index is 12.5. The van der Waals surface area contributed by atoms with E-state index < -0.39 is 35.4 Å². The Morgan fingerprint density at radius 3 is 2.21 bits per heavy atom. The summed E-state index contributed by atoms with van der Waals surface area (Å²) in [4.78, 5) is 0. The molecule has 3 nitrogen and oxygen atoms in total. The zero-order valence-corrected chi connectivity index (χ0v) is 7.45. The summed E-state index contributed by atoms with van der Waals surface area (Å²) < 4.78 is 61.4. The normalized spacial score (nSPS) is 12.9. The van der Waals surface area contributed by atoms with Gasteiger partial charge < -0.3 is 4.55 Å². The van der Waals surface area contributed by atoms with Crippen LogP contribution < -0.4 is 0 Å². The number of hydrogen-bond acceptors (Lipinski definition) is 3. The SMILES string of the molecule is O=S([O-])OCc1cc(F)c(F)c(F)c1. The van der Waals surface area contributed by atoms with E-state index in [9.17, 15) is 21.9 Å². The highest BCUT2D eigenvalue weighted by Crippen LogP contribution is 2.14. The van der Waals surface area contributed by atoms with Crippen molar-refractivity contribution in [1.82, 2.24) is 0 Å². The minimum atomic E-state index is -2.77. The predicted octanol–water partition coefficient (Wildman–Crippen LogP) is 1.41. The summed E-state index contributed by atoms with van der Waals surface area (Å²) in [6, 6.07) is 1.32. The van der Waals surface area contributed by atoms with Crippen molar-refractivity contribution in [2.45, 2.75) is 6.61 Å². The van der Waals surface area contributed by atoms with Crippen molar-refractivity contribution < 1.29 is 26.1 Å². The van der Waals surface area contributed by atoms with Gasteiger partial charge in [-0.2, -0.15) is 0 Å². The molecule has 1 rings (SSSR count). The molecule has 0 saturated carbocycles. The molecule has 0 aliphatic carbocycles. The average Bonchev–Trinajstić information content (AvgIpc) is 2.10. The summed E-state index contributed by atoms with van der Waals surface area (Å²) in [7, 11) is 0. The highest BCUT2D eigenvalue weighted by molar-refractivity contribution is 7.74. The van der Waals surface area contributed by atoms with Crippen LogP contribution in [0, 0.1) is 17.5 Å². The molecule has 0 heterocycles. The zero-order chi connectivity index (χ0) is 10.7. The van der Waals surface area contributed by atoms with Crippen molar-refractivity contribution in [3.63, 3.8) is 0 Å². The van der Waals surface area contributed by atoms with E-state index in [0.717, 1.165) is 0 Å². The van der Waals surface area contributed by atoms with Crippen LogP contribution in [0.25, 0.3) is 0 Å². The van der Waals surface area contributed by atoms with Gasteiger partial charge in [-0.1, -0.05) is 0 Å². The number of rotatable bonds is 3. The van der Waals surface area contributed by atoms with Crippen LogP contribution in [-0.2, 0) is 22.2 Å². The Morgan fingerprint density at radius 1 is 1.29 bits per heavy atom. The van der Waals surface area contributed by atoms with E-state index >= 15 is 0 Å². The van der Waals surface area contributed by atoms with Gasteiger partial charge in [0.1, 0.15) is 0 Å². The molecule has 1 unspecified atom stereocenters. The van der Waals surface area contributed by atoms with Crippen molar-refractivity contribution in [3.8, 4) is 0 Å². The lowest BCUT2D eigenvalue weighted by Gasteiger charge is -2.06. The topological polar surface area (TPSA) is 49.4 Å². The van der Waals surface area contributed by atoms with Crippen LogP contribution in [0.3, 0.4) is 0 Å². The Morgan fingerprint density at radius 2 is 1.79 bits per heavy atom. The molecule has 78 valence electrons. The first-order valence-corrected chi connectivity index (χ1v) is 4.36.